The third-order valence-corrected chi connectivity index (χ3v) is 6.36. The molecule has 0 bridgehead atoms. The highest BCUT2D eigenvalue weighted by atomic mass is 32.1. The fraction of sp³-hybridized carbons (Fsp3) is 0.0741. The summed E-state index contributed by atoms with van der Waals surface area (Å²) in [6.45, 7) is 4.09. The van der Waals surface area contributed by atoms with Gasteiger partial charge in [0, 0.05) is 20.9 Å². The Hall–Kier alpha value is -2.75. The Labute approximate surface area is 188 Å². The van der Waals surface area contributed by atoms with Crippen molar-refractivity contribution in [3.05, 3.63) is 107 Å². The highest BCUT2D eigenvalue weighted by Crippen LogP contribution is 2.26. The van der Waals surface area contributed by atoms with Crippen LogP contribution in [0.25, 0.3) is 22.3 Å². The molecule has 0 radical (unpaired) electrons. The summed E-state index contributed by atoms with van der Waals surface area (Å²) in [6.07, 6.45) is 0. The summed E-state index contributed by atoms with van der Waals surface area (Å²) in [5, 5.41) is 0. The van der Waals surface area contributed by atoms with E-state index in [4.69, 9.17) is 0 Å². The average Bonchev–Trinajstić information content (AvgIpc) is 2.77. The minimum Gasteiger partial charge on any atom is -0.289 e. The molecule has 0 aromatic heterocycles. The number of aryl methyl sites for hydroxylation is 2. The Morgan fingerprint density at radius 3 is 1.20 bits per heavy atom. The van der Waals surface area contributed by atoms with Crippen LogP contribution in [0.4, 0.5) is 0 Å². The first-order chi connectivity index (χ1) is 14.4. The molecule has 1 nitrogen and oxygen atoms in total. The SMILES string of the molecule is Cc1cc(-c2ccc(C(=O)c3ccc(-c4ccc(S)c(C)c4)cc3)cc2)ccc1S. The van der Waals surface area contributed by atoms with Gasteiger partial charge in [-0.05, 0) is 59.4 Å². The van der Waals surface area contributed by atoms with Gasteiger partial charge in [-0.15, -0.1) is 25.3 Å². The molecule has 0 aliphatic heterocycles. The van der Waals surface area contributed by atoms with Crippen LogP contribution in [0, 0.1) is 13.8 Å². The normalized spacial score (nSPS) is 10.8. The molecule has 148 valence electrons. The fourth-order valence-electron chi connectivity index (χ4n) is 3.46. The first-order valence-electron chi connectivity index (χ1n) is 9.77. The maximum Gasteiger partial charge on any atom is 0.193 e. The summed E-state index contributed by atoms with van der Waals surface area (Å²) in [5.41, 5.74) is 8.05. The molecule has 0 unspecified atom stereocenters. The Kier molecular flexibility index (Phi) is 5.85. The third kappa shape index (κ3) is 4.23. The number of carbonyl (C=O) groups excluding carboxylic acids is 1. The zero-order chi connectivity index (χ0) is 21.3. The number of carbonyl (C=O) groups is 1. The summed E-state index contributed by atoms with van der Waals surface area (Å²) in [6, 6.07) is 27.9. The minimum atomic E-state index is 0.0249. The first kappa shape index (κ1) is 20.5. The maximum absolute atomic E-state index is 12.9. The largest absolute Gasteiger partial charge is 0.289 e. The molecule has 0 fully saturated rings. The van der Waals surface area contributed by atoms with Crippen LogP contribution in [-0.2, 0) is 0 Å². The smallest absolute Gasteiger partial charge is 0.193 e. The molecule has 0 amide bonds. The van der Waals surface area contributed by atoms with E-state index in [-0.39, 0.29) is 5.78 Å². The van der Waals surface area contributed by atoms with Crippen LogP contribution in [0.15, 0.2) is 94.7 Å². The van der Waals surface area contributed by atoms with E-state index < -0.39 is 0 Å². The van der Waals surface area contributed by atoms with E-state index in [0.717, 1.165) is 43.2 Å². The predicted octanol–water partition coefficient (Wildman–Crippen LogP) is 7.45. The van der Waals surface area contributed by atoms with Gasteiger partial charge in [0.2, 0.25) is 0 Å². The van der Waals surface area contributed by atoms with Gasteiger partial charge in [0.1, 0.15) is 0 Å². The zero-order valence-electron chi connectivity index (χ0n) is 16.9. The molecular weight excluding hydrogens is 404 g/mol. The lowest BCUT2D eigenvalue weighted by molar-refractivity contribution is 0.103. The van der Waals surface area contributed by atoms with Crippen molar-refractivity contribution in [3.63, 3.8) is 0 Å². The van der Waals surface area contributed by atoms with Crippen molar-refractivity contribution in [3.8, 4) is 22.3 Å². The van der Waals surface area contributed by atoms with Crippen molar-refractivity contribution in [1.29, 1.82) is 0 Å². The Morgan fingerprint density at radius 2 is 0.867 bits per heavy atom. The molecule has 3 heteroatoms. The van der Waals surface area contributed by atoms with E-state index in [1.807, 2.05) is 86.6 Å². The van der Waals surface area contributed by atoms with Crippen LogP contribution < -0.4 is 0 Å². The lowest BCUT2D eigenvalue weighted by Gasteiger charge is -2.08. The second kappa shape index (κ2) is 8.55. The molecule has 30 heavy (non-hydrogen) atoms. The second-order valence-electron chi connectivity index (χ2n) is 7.49. The number of rotatable bonds is 4. The van der Waals surface area contributed by atoms with Crippen LogP contribution >= 0.6 is 25.3 Å². The summed E-state index contributed by atoms with van der Waals surface area (Å²) < 4.78 is 0. The van der Waals surface area contributed by atoms with E-state index in [1.54, 1.807) is 0 Å². The third-order valence-electron chi connectivity index (χ3n) is 5.35. The number of hydrogen-bond acceptors (Lipinski definition) is 3. The van der Waals surface area contributed by atoms with Gasteiger partial charge in [0.15, 0.2) is 5.78 Å². The molecule has 0 heterocycles. The fourth-order valence-corrected chi connectivity index (χ4v) is 3.74. The lowest BCUT2D eigenvalue weighted by Crippen LogP contribution is -2.01. The van der Waals surface area contributed by atoms with Gasteiger partial charge in [0.25, 0.3) is 0 Å². The molecule has 4 rings (SSSR count). The summed E-state index contributed by atoms with van der Waals surface area (Å²) in [5.74, 6) is 0.0249. The Bertz CT molecular complexity index is 1130. The van der Waals surface area contributed by atoms with Crippen LogP contribution in [0.1, 0.15) is 27.0 Å². The molecule has 4 aromatic rings. The van der Waals surface area contributed by atoms with Gasteiger partial charge in [-0.2, -0.15) is 0 Å². The molecule has 0 spiro atoms. The molecule has 0 saturated carbocycles. The number of hydrogen-bond donors (Lipinski definition) is 2. The van der Waals surface area contributed by atoms with E-state index in [2.05, 4.69) is 37.4 Å². The van der Waals surface area contributed by atoms with Crippen LogP contribution in [-0.4, -0.2) is 5.78 Å². The zero-order valence-corrected chi connectivity index (χ0v) is 18.7. The molecule has 0 saturated heterocycles. The predicted molar refractivity (Wildman–Crippen MR) is 131 cm³/mol. The second-order valence-corrected chi connectivity index (χ2v) is 8.45. The number of benzene rings is 4. The van der Waals surface area contributed by atoms with E-state index in [0.29, 0.717) is 11.1 Å². The Balaban J connectivity index is 1.55. The van der Waals surface area contributed by atoms with Crippen LogP contribution in [0.3, 0.4) is 0 Å². The van der Waals surface area contributed by atoms with Crippen molar-refractivity contribution in [2.45, 2.75) is 23.6 Å². The van der Waals surface area contributed by atoms with Gasteiger partial charge < -0.3 is 0 Å². The first-order valence-corrected chi connectivity index (χ1v) is 10.7. The molecular formula is C27H22OS2. The van der Waals surface area contributed by atoms with Crippen molar-refractivity contribution < 1.29 is 4.79 Å². The van der Waals surface area contributed by atoms with Gasteiger partial charge in [-0.25, -0.2) is 0 Å². The number of thiol groups is 2. The van der Waals surface area contributed by atoms with E-state index >= 15 is 0 Å². The van der Waals surface area contributed by atoms with Crippen molar-refractivity contribution in [2.24, 2.45) is 0 Å². The number of ketones is 1. The molecule has 0 aliphatic rings. The maximum atomic E-state index is 12.9. The van der Waals surface area contributed by atoms with E-state index in [9.17, 15) is 4.79 Å². The summed E-state index contributed by atoms with van der Waals surface area (Å²) in [7, 11) is 0. The standard InChI is InChI=1S/C27H22OS2/c1-17-15-23(11-13-25(17)29)19-3-7-21(8-4-19)27(28)22-9-5-20(6-10-22)24-12-14-26(30)18(2)16-24/h3-16,29-30H,1-2H3. The van der Waals surface area contributed by atoms with E-state index in [1.165, 1.54) is 0 Å². The van der Waals surface area contributed by atoms with Crippen molar-refractivity contribution >= 4 is 31.0 Å². The average molecular weight is 427 g/mol. The highest BCUT2D eigenvalue weighted by molar-refractivity contribution is 7.80. The lowest BCUT2D eigenvalue weighted by atomic mass is 9.97. The Morgan fingerprint density at radius 1 is 0.533 bits per heavy atom. The quantitative estimate of drug-likeness (QED) is 0.256. The van der Waals surface area contributed by atoms with Gasteiger partial charge in [-0.1, -0.05) is 72.8 Å². The molecule has 4 aromatic carbocycles. The van der Waals surface area contributed by atoms with Crippen LogP contribution in [0.5, 0.6) is 0 Å². The molecule has 0 atom stereocenters. The summed E-state index contributed by atoms with van der Waals surface area (Å²) >= 11 is 8.87. The minimum absolute atomic E-state index is 0.0249. The van der Waals surface area contributed by atoms with Gasteiger partial charge >= 0.3 is 0 Å². The summed E-state index contributed by atoms with van der Waals surface area (Å²) in [4.78, 5) is 14.9. The topological polar surface area (TPSA) is 17.1 Å². The van der Waals surface area contributed by atoms with Crippen LogP contribution in [0.2, 0.25) is 0 Å². The monoisotopic (exact) mass is 426 g/mol. The van der Waals surface area contributed by atoms with Crippen molar-refractivity contribution in [1.82, 2.24) is 0 Å². The molecule has 0 N–H and O–H groups in total. The van der Waals surface area contributed by atoms with Gasteiger partial charge in [0.05, 0.1) is 0 Å². The highest BCUT2D eigenvalue weighted by Gasteiger charge is 2.10. The van der Waals surface area contributed by atoms with Gasteiger partial charge in [-0.3, -0.25) is 4.79 Å². The van der Waals surface area contributed by atoms with Crippen molar-refractivity contribution in [2.75, 3.05) is 0 Å². The molecule has 0 aliphatic carbocycles.